The molecule has 0 bridgehead atoms. The van der Waals surface area contributed by atoms with E-state index < -0.39 is 11.7 Å². The Balaban J connectivity index is 1.74. The first-order valence-electron chi connectivity index (χ1n) is 8.83. The number of halogens is 4. The summed E-state index contributed by atoms with van der Waals surface area (Å²) in [7, 11) is 0. The van der Waals surface area contributed by atoms with Gasteiger partial charge in [-0.25, -0.2) is 0 Å². The fourth-order valence-corrected chi connectivity index (χ4v) is 3.87. The van der Waals surface area contributed by atoms with Crippen molar-refractivity contribution in [3.63, 3.8) is 0 Å². The van der Waals surface area contributed by atoms with E-state index in [2.05, 4.69) is 37.2 Å². The van der Waals surface area contributed by atoms with Crippen molar-refractivity contribution in [2.75, 3.05) is 23.3 Å². The molecule has 1 atom stereocenters. The molecule has 4 nitrogen and oxygen atoms in total. The van der Waals surface area contributed by atoms with Crippen molar-refractivity contribution in [3.8, 4) is 0 Å². The minimum atomic E-state index is -4.35. The molecule has 0 aliphatic carbocycles. The maximum Gasteiger partial charge on any atom is 0.416 e. The van der Waals surface area contributed by atoms with Crippen molar-refractivity contribution < 1.29 is 13.2 Å². The molecule has 0 saturated carbocycles. The Morgan fingerprint density at radius 1 is 1.11 bits per heavy atom. The number of nitrogens with two attached hydrogens (primary N) is 1. The molecule has 3 aromatic rings. The number of aromatic nitrogens is 1. The predicted molar refractivity (Wildman–Crippen MR) is 109 cm³/mol. The van der Waals surface area contributed by atoms with Crippen molar-refractivity contribution >= 4 is 43.8 Å². The van der Waals surface area contributed by atoms with Crippen LogP contribution in [0.3, 0.4) is 0 Å². The summed E-state index contributed by atoms with van der Waals surface area (Å²) in [5.41, 5.74) is 7.74. The second-order valence-corrected chi connectivity index (χ2v) is 7.76. The summed E-state index contributed by atoms with van der Waals surface area (Å²) in [6, 6.07) is 9.22. The van der Waals surface area contributed by atoms with E-state index in [0.717, 1.165) is 58.3 Å². The highest BCUT2D eigenvalue weighted by atomic mass is 79.9. The Morgan fingerprint density at radius 2 is 1.86 bits per heavy atom. The molecule has 28 heavy (non-hydrogen) atoms. The number of anilines is 3. The Bertz CT molecular complexity index is 1000. The number of nitrogens with zero attached hydrogens (tertiary/aromatic N) is 2. The second-order valence-electron chi connectivity index (χ2n) is 6.90. The zero-order chi connectivity index (χ0) is 19.9. The van der Waals surface area contributed by atoms with Crippen LogP contribution in [0.15, 0.2) is 53.3 Å². The summed E-state index contributed by atoms with van der Waals surface area (Å²) in [6.45, 7) is 1.64. The van der Waals surface area contributed by atoms with E-state index in [1.807, 2.05) is 6.07 Å². The van der Waals surface area contributed by atoms with Gasteiger partial charge in [-0.3, -0.25) is 4.98 Å². The third-order valence-corrected chi connectivity index (χ3v) is 5.53. The van der Waals surface area contributed by atoms with Crippen LogP contribution in [0.1, 0.15) is 12.0 Å². The van der Waals surface area contributed by atoms with Crippen LogP contribution in [0.25, 0.3) is 10.8 Å². The molecule has 1 aliphatic heterocycles. The van der Waals surface area contributed by atoms with Gasteiger partial charge in [0.2, 0.25) is 0 Å². The van der Waals surface area contributed by atoms with Gasteiger partial charge in [-0.05, 0) is 58.7 Å². The first kappa shape index (κ1) is 19.0. The summed E-state index contributed by atoms with van der Waals surface area (Å²) in [5.74, 6) is 0. The monoisotopic (exact) mass is 450 g/mol. The molecule has 0 amide bonds. The van der Waals surface area contributed by atoms with Gasteiger partial charge in [0.25, 0.3) is 0 Å². The SMILES string of the molecule is N[C@H]1CCN(c2cc(Nc3ccc(C(F)(F)F)cc3)c3cncc(Br)c3c2)C1. The van der Waals surface area contributed by atoms with E-state index in [9.17, 15) is 13.2 Å². The molecule has 0 spiro atoms. The first-order chi connectivity index (χ1) is 13.3. The lowest BCUT2D eigenvalue weighted by molar-refractivity contribution is -0.137. The second kappa shape index (κ2) is 7.25. The lowest BCUT2D eigenvalue weighted by Gasteiger charge is -2.21. The van der Waals surface area contributed by atoms with E-state index in [1.54, 1.807) is 12.4 Å². The molecule has 4 rings (SSSR count). The van der Waals surface area contributed by atoms with Gasteiger partial charge in [0.05, 0.1) is 11.3 Å². The first-order valence-corrected chi connectivity index (χ1v) is 9.62. The average molecular weight is 451 g/mol. The van der Waals surface area contributed by atoms with Crippen LogP contribution in [0.4, 0.5) is 30.2 Å². The number of nitrogens with one attached hydrogen (secondary N) is 1. The van der Waals surface area contributed by atoms with Crippen molar-refractivity contribution in [2.45, 2.75) is 18.6 Å². The molecule has 1 aromatic heterocycles. The van der Waals surface area contributed by atoms with Gasteiger partial charge < -0.3 is 16.0 Å². The molecule has 1 fully saturated rings. The largest absolute Gasteiger partial charge is 0.416 e. The molecule has 0 radical (unpaired) electrons. The molecule has 0 unspecified atom stereocenters. The van der Waals surface area contributed by atoms with Gasteiger partial charge in [-0.15, -0.1) is 0 Å². The van der Waals surface area contributed by atoms with Crippen molar-refractivity contribution in [1.29, 1.82) is 0 Å². The van der Waals surface area contributed by atoms with Crippen LogP contribution in [0.2, 0.25) is 0 Å². The van der Waals surface area contributed by atoms with Crippen LogP contribution in [0.5, 0.6) is 0 Å². The van der Waals surface area contributed by atoms with Crippen LogP contribution in [0, 0.1) is 0 Å². The lowest BCUT2D eigenvalue weighted by atomic mass is 10.1. The van der Waals surface area contributed by atoms with Gasteiger partial charge in [-0.2, -0.15) is 13.2 Å². The van der Waals surface area contributed by atoms with E-state index >= 15 is 0 Å². The van der Waals surface area contributed by atoms with Gasteiger partial charge in [-0.1, -0.05) is 0 Å². The summed E-state index contributed by atoms with van der Waals surface area (Å²) in [4.78, 5) is 6.45. The number of benzene rings is 2. The molecule has 2 heterocycles. The number of alkyl halides is 3. The Morgan fingerprint density at radius 3 is 2.50 bits per heavy atom. The van der Waals surface area contributed by atoms with Crippen LogP contribution < -0.4 is 16.0 Å². The van der Waals surface area contributed by atoms with E-state index in [0.29, 0.717) is 5.69 Å². The van der Waals surface area contributed by atoms with Crippen molar-refractivity contribution in [3.05, 3.63) is 58.8 Å². The average Bonchev–Trinajstić information content (AvgIpc) is 3.08. The number of hydrogen-bond donors (Lipinski definition) is 2. The number of fused-ring (bicyclic) bond motifs is 1. The summed E-state index contributed by atoms with van der Waals surface area (Å²) in [5, 5.41) is 5.09. The third kappa shape index (κ3) is 3.79. The van der Waals surface area contributed by atoms with Gasteiger partial charge >= 0.3 is 6.18 Å². The highest BCUT2D eigenvalue weighted by molar-refractivity contribution is 9.10. The number of hydrogen-bond acceptors (Lipinski definition) is 4. The molecule has 146 valence electrons. The van der Waals surface area contributed by atoms with Gasteiger partial charge in [0, 0.05) is 58.1 Å². The quantitative estimate of drug-likeness (QED) is 0.568. The fraction of sp³-hybridized carbons (Fsp3) is 0.250. The number of pyridine rings is 1. The fourth-order valence-electron chi connectivity index (χ4n) is 3.43. The molecule has 3 N–H and O–H groups in total. The Kier molecular flexibility index (Phi) is 4.93. The van der Waals surface area contributed by atoms with E-state index in [1.165, 1.54) is 12.1 Å². The summed E-state index contributed by atoms with van der Waals surface area (Å²) >= 11 is 3.54. The smallest absolute Gasteiger partial charge is 0.370 e. The third-order valence-electron chi connectivity index (χ3n) is 4.89. The molecular weight excluding hydrogens is 433 g/mol. The highest BCUT2D eigenvalue weighted by Crippen LogP contribution is 2.36. The number of rotatable bonds is 3. The summed E-state index contributed by atoms with van der Waals surface area (Å²) < 4.78 is 39.3. The predicted octanol–water partition coefficient (Wildman–Crippen LogP) is 5.30. The standard InChI is InChI=1S/C20H18BrF3N4/c21-18-10-26-9-17-16(18)7-15(28-6-5-13(25)11-28)8-19(17)27-14-3-1-12(2-4-14)20(22,23)24/h1-4,7-10,13,27H,5-6,11,25H2/t13-/m0/s1. The molecule has 2 aromatic carbocycles. The zero-order valence-corrected chi connectivity index (χ0v) is 16.4. The van der Waals surface area contributed by atoms with Gasteiger partial charge in [0.1, 0.15) is 0 Å². The topological polar surface area (TPSA) is 54.2 Å². The Labute approximate surface area is 168 Å². The van der Waals surface area contributed by atoms with E-state index in [4.69, 9.17) is 5.73 Å². The maximum atomic E-state index is 12.8. The molecule has 8 heteroatoms. The molecular formula is C20H18BrF3N4. The maximum absolute atomic E-state index is 12.8. The van der Waals surface area contributed by atoms with Gasteiger partial charge in [0.15, 0.2) is 0 Å². The van der Waals surface area contributed by atoms with Crippen LogP contribution in [-0.4, -0.2) is 24.1 Å². The normalized spacial score (nSPS) is 17.3. The van der Waals surface area contributed by atoms with Crippen molar-refractivity contribution in [2.24, 2.45) is 5.73 Å². The molecule has 1 saturated heterocycles. The van der Waals surface area contributed by atoms with Crippen LogP contribution in [-0.2, 0) is 6.18 Å². The molecule has 1 aliphatic rings. The lowest BCUT2D eigenvalue weighted by Crippen LogP contribution is -2.26. The highest BCUT2D eigenvalue weighted by Gasteiger charge is 2.30. The minimum Gasteiger partial charge on any atom is -0.370 e. The van der Waals surface area contributed by atoms with Crippen LogP contribution >= 0.6 is 15.9 Å². The minimum absolute atomic E-state index is 0.142. The summed E-state index contributed by atoms with van der Waals surface area (Å²) in [6.07, 6.45) is 0.0431. The van der Waals surface area contributed by atoms with Crippen molar-refractivity contribution in [1.82, 2.24) is 4.98 Å². The Hall–Kier alpha value is -2.32. The zero-order valence-electron chi connectivity index (χ0n) is 14.8. The van der Waals surface area contributed by atoms with E-state index in [-0.39, 0.29) is 6.04 Å².